The minimum atomic E-state index is -0.639. The van der Waals surface area contributed by atoms with Gasteiger partial charge in [0.25, 0.3) is 11.6 Å². The van der Waals surface area contributed by atoms with Gasteiger partial charge in [-0.25, -0.2) is 5.43 Å². The minimum absolute atomic E-state index is 0.0367. The molecular weight excluding hydrogens is 332 g/mol. The Balaban J connectivity index is 1.90. The van der Waals surface area contributed by atoms with Crippen LogP contribution in [0, 0.1) is 20.2 Å². The summed E-state index contributed by atoms with van der Waals surface area (Å²) in [6.07, 6.45) is 1.23. The number of hydrogen-bond donors (Lipinski definition) is 1. The largest absolute Gasteiger partial charge is 0.477 e. The van der Waals surface area contributed by atoms with Crippen molar-refractivity contribution in [3.63, 3.8) is 0 Å². The first kappa shape index (κ1) is 17.5. The molecule has 2 aromatic carbocycles. The summed E-state index contributed by atoms with van der Waals surface area (Å²) in [5.41, 5.74) is 2.23. The molecule has 128 valence electrons. The predicted octanol–water partition coefficient (Wildman–Crippen LogP) is 2.03. The average Bonchev–Trinajstić information content (AvgIpc) is 2.60. The monoisotopic (exact) mass is 344 g/mol. The molecule has 1 amide bonds. The van der Waals surface area contributed by atoms with Crippen LogP contribution in [0.2, 0.25) is 0 Å². The van der Waals surface area contributed by atoms with Gasteiger partial charge in [0.05, 0.1) is 16.1 Å². The van der Waals surface area contributed by atoms with Crippen LogP contribution in [0.25, 0.3) is 0 Å². The fourth-order valence-electron chi connectivity index (χ4n) is 1.80. The Bertz CT molecular complexity index is 836. The molecule has 0 spiro atoms. The molecule has 0 saturated heterocycles. The van der Waals surface area contributed by atoms with Crippen LogP contribution in [-0.4, -0.2) is 28.6 Å². The highest BCUT2D eigenvalue weighted by Crippen LogP contribution is 2.25. The highest BCUT2D eigenvalue weighted by Gasteiger charge is 2.14. The lowest BCUT2D eigenvalue weighted by Gasteiger charge is -2.05. The van der Waals surface area contributed by atoms with Crippen molar-refractivity contribution in [2.45, 2.75) is 0 Å². The fourth-order valence-corrected chi connectivity index (χ4v) is 1.80. The number of para-hydroxylation sites is 2. The van der Waals surface area contributed by atoms with Gasteiger partial charge in [-0.05, 0) is 6.07 Å². The molecule has 10 nitrogen and oxygen atoms in total. The molecule has 0 bridgehead atoms. The van der Waals surface area contributed by atoms with Gasteiger partial charge in [-0.15, -0.1) is 0 Å². The normalized spacial score (nSPS) is 10.4. The third-order valence-electron chi connectivity index (χ3n) is 2.90. The number of nitrogens with one attached hydrogen (secondary N) is 1. The van der Waals surface area contributed by atoms with E-state index < -0.39 is 22.4 Å². The second-order valence-corrected chi connectivity index (χ2v) is 4.66. The van der Waals surface area contributed by atoms with E-state index in [2.05, 4.69) is 10.5 Å². The number of non-ortho nitro benzene ring substituents is 1. The third kappa shape index (κ3) is 5.10. The number of nitro groups is 2. The molecule has 0 atom stereocenters. The number of hydrogen-bond acceptors (Lipinski definition) is 7. The molecule has 0 aliphatic rings. The van der Waals surface area contributed by atoms with E-state index in [-0.39, 0.29) is 17.1 Å². The van der Waals surface area contributed by atoms with Crippen molar-refractivity contribution >= 4 is 23.5 Å². The van der Waals surface area contributed by atoms with Crippen molar-refractivity contribution < 1.29 is 19.4 Å². The number of ether oxygens (including phenoxy) is 1. The molecular formula is C15H12N4O6. The minimum Gasteiger partial charge on any atom is -0.477 e. The van der Waals surface area contributed by atoms with Gasteiger partial charge >= 0.3 is 5.69 Å². The zero-order valence-electron chi connectivity index (χ0n) is 12.7. The summed E-state index contributed by atoms with van der Waals surface area (Å²) in [4.78, 5) is 32.0. The van der Waals surface area contributed by atoms with Crippen molar-refractivity contribution in [2.24, 2.45) is 5.10 Å². The summed E-state index contributed by atoms with van der Waals surface area (Å²) in [5.74, 6) is -0.676. The highest BCUT2D eigenvalue weighted by atomic mass is 16.6. The highest BCUT2D eigenvalue weighted by molar-refractivity contribution is 5.83. The van der Waals surface area contributed by atoms with Gasteiger partial charge in [-0.2, -0.15) is 5.10 Å². The Morgan fingerprint density at radius 1 is 1.12 bits per heavy atom. The van der Waals surface area contributed by atoms with Crippen molar-refractivity contribution in [2.75, 3.05) is 6.61 Å². The van der Waals surface area contributed by atoms with E-state index in [1.54, 1.807) is 12.1 Å². The van der Waals surface area contributed by atoms with Crippen LogP contribution < -0.4 is 10.2 Å². The lowest BCUT2D eigenvalue weighted by atomic mass is 10.2. The summed E-state index contributed by atoms with van der Waals surface area (Å²) < 4.78 is 5.10. The molecule has 0 saturated carbocycles. The van der Waals surface area contributed by atoms with E-state index in [0.717, 1.165) is 0 Å². The van der Waals surface area contributed by atoms with Crippen LogP contribution in [0.4, 0.5) is 11.4 Å². The summed E-state index contributed by atoms with van der Waals surface area (Å²) in [6.45, 7) is -0.475. The number of nitrogens with zero attached hydrogens (tertiary/aromatic N) is 3. The molecule has 0 heterocycles. The maximum Gasteiger partial charge on any atom is 0.310 e. The molecule has 0 aromatic heterocycles. The summed E-state index contributed by atoms with van der Waals surface area (Å²) in [7, 11) is 0. The SMILES string of the molecule is O=C(COc1ccccc1[N+](=O)[O-])N/N=C\c1cccc([N+](=O)[O-])c1. The molecule has 1 N–H and O–H groups in total. The average molecular weight is 344 g/mol. The van der Waals surface area contributed by atoms with Crippen molar-refractivity contribution in [3.8, 4) is 5.75 Å². The van der Waals surface area contributed by atoms with Gasteiger partial charge in [0.2, 0.25) is 0 Å². The van der Waals surface area contributed by atoms with Crippen LogP contribution in [-0.2, 0) is 4.79 Å². The number of nitro benzene ring substituents is 2. The molecule has 0 unspecified atom stereocenters. The Kier molecular flexibility index (Phi) is 5.72. The van der Waals surface area contributed by atoms with E-state index in [1.165, 1.54) is 42.6 Å². The van der Waals surface area contributed by atoms with Gasteiger partial charge in [-0.3, -0.25) is 25.0 Å². The van der Waals surface area contributed by atoms with Crippen LogP contribution in [0.3, 0.4) is 0 Å². The smallest absolute Gasteiger partial charge is 0.310 e. The van der Waals surface area contributed by atoms with Crippen LogP contribution >= 0.6 is 0 Å². The van der Waals surface area contributed by atoms with Gasteiger partial charge in [0, 0.05) is 23.8 Å². The summed E-state index contributed by atoms with van der Waals surface area (Å²) >= 11 is 0. The van der Waals surface area contributed by atoms with Crippen LogP contribution in [0.1, 0.15) is 5.56 Å². The van der Waals surface area contributed by atoms with Gasteiger partial charge in [0.15, 0.2) is 12.4 Å². The van der Waals surface area contributed by atoms with Gasteiger partial charge in [0.1, 0.15) is 0 Å². The second kappa shape index (κ2) is 8.15. The lowest BCUT2D eigenvalue weighted by Crippen LogP contribution is -2.24. The van der Waals surface area contributed by atoms with Gasteiger partial charge in [-0.1, -0.05) is 24.3 Å². The molecule has 0 aliphatic carbocycles. The Labute approximate surface area is 141 Å². The van der Waals surface area contributed by atoms with Crippen molar-refractivity contribution in [3.05, 3.63) is 74.3 Å². The van der Waals surface area contributed by atoms with Crippen LogP contribution in [0.15, 0.2) is 53.6 Å². The number of carbonyl (C=O) groups excluding carboxylic acids is 1. The maximum atomic E-state index is 11.6. The van der Waals surface area contributed by atoms with E-state index >= 15 is 0 Å². The topological polar surface area (TPSA) is 137 Å². The van der Waals surface area contributed by atoms with Gasteiger partial charge < -0.3 is 4.74 Å². The zero-order chi connectivity index (χ0) is 18.2. The second-order valence-electron chi connectivity index (χ2n) is 4.66. The third-order valence-corrected chi connectivity index (χ3v) is 2.90. The number of hydrazone groups is 1. The Morgan fingerprint density at radius 2 is 1.88 bits per heavy atom. The molecule has 0 radical (unpaired) electrons. The fraction of sp³-hybridized carbons (Fsp3) is 0.0667. The quantitative estimate of drug-likeness (QED) is 0.463. The first-order valence-electron chi connectivity index (χ1n) is 6.90. The van der Waals surface area contributed by atoms with Crippen molar-refractivity contribution in [1.29, 1.82) is 0 Å². The number of rotatable bonds is 7. The predicted molar refractivity (Wildman–Crippen MR) is 87.4 cm³/mol. The van der Waals surface area contributed by atoms with E-state index in [4.69, 9.17) is 4.74 Å². The molecule has 2 rings (SSSR count). The standard InChI is InChI=1S/C15H12N4O6/c20-15(10-25-14-7-2-1-6-13(14)19(23)24)17-16-9-11-4-3-5-12(8-11)18(21)22/h1-9H,10H2,(H,17,20)/b16-9-. The molecule has 0 aliphatic heterocycles. The zero-order valence-corrected chi connectivity index (χ0v) is 12.7. The number of amides is 1. The Hall–Kier alpha value is -3.82. The summed E-state index contributed by atoms with van der Waals surface area (Å²) in [6, 6.07) is 11.3. The summed E-state index contributed by atoms with van der Waals surface area (Å²) in [5, 5.41) is 25.1. The van der Waals surface area contributed by atoms with E-state index in [9.17, 15) is 25.0 Å². The molecule has 10 heteroatoms. The van der Waals surface area contributed by atoms with E-state index in [1.807, 2.05) is 0 Å². The van der Waals surface area contributed by atoms with Crippen molar-refractivity contribution in [1.82, 2.24) is 5.43 Å². The van der Waals surface area contributed by atoms with E-state index in [0.29, 0.717) is 5.56 Å². The molecule has 0 fully saturated rings. The number of benzene rings is 2. The molecule has 25 heavy (non-hydrogen) atoms. The van der Waals surface area contributed by atoms with Crippen LogP contribution in [0.5, 0.6) is 5.75 Å². The maximum absolute atomic E-state index is 11.6. The Morgan fingerprint density at radius 3 is 2.60 bits per heavy atom. The molecule has 2 aromatic rings. The number of carbonyl (C=O) groups is 1. The first-order valence-corrected chi connectivity index (χ1v) is 6.90. The first-order chi connectivity index (χ1) is 12.0. The lowest BCUT2D eigenvalue weighted by molar-refractivity contribution is -0.385.